The van der Waals surface area contributed by atoms with Gasteiger partial charge in [0.2, 0.25) is 5.91 Å². The van der Waals surface area contributed by atoms with Crippen LogP contribution in [0.2, 0.25) is 0 Å². The second-order valence-electron chi connectivity index (χ2n) is 7.08. The van der Waals surface area contributed by atoms with E-state index in [1.165, 1.54) is 0 Å². The van der Waals surface area contributed by atoms with Crippen LogP contribution in [0.5, 0.6) is 0 Å². The van der Waals surface area contributed by atoms with Crippen molar-refractivity contribution in [2.45, 2.75) is 70.6 Å². The summed E-state index contributed by atoms with van der Waals surface area (Å²) in [6.07, 6.45) is 4.32. The molecule has 2 amide bonds. The van der Waals surface area contributed by atoms with Crippen LogP contribution in [0, 0.1) is 0 Å². The molecule has 0 bridgehead atoms. The highest BCUT2D eigenvalue weighted by molar-refractivity contribution is 7.99. The third kappa shape index (κ3) is 5.07. The van der Waals surface area contributed by atoms with Gasteiger partial charge in [-0.25, -0.2) is 4.79 Å². The summed E-state index contributed by atoms with van der Waals surface area (Å²) in [5, 5.41) is 3.13. The van der Waals surface area contributed by atoms with Crippen molar-refractivity contribution in [2.24, 2.45) is 0 Å². The van der Waals surface area contributed by atoms with Gasteiger partial charge in [0.05, 0.1) is 0 Å². The smallest absolute Gasteiger partial charge is 0.410 e. The molecule has 0 spiro atoms. The van der Waals surface area contributed by atoms with Crippen molar-refractivity contribution in [1.29, 1.82) is 0 Å². The molecule has 1 atom stereocenters. The molecule has 22 heavy (non-hydrogen) atoms. The van der Waals surface area contributed by atoms with E-state index in [4.69, 9.17) is 4.74 Å². The van der Waals surface area contributed by atoms with Crippen LogP contribution in [0.3, 0.4) is 0 Å². The van der Waals surface area contributed by atoms with Gasteiger partial charge in [-0.05, 0) is 64.4 Å². The van der Waals surface area contributed by atoms with Crippen LogP contribution in [0.4, 0.5) is 4.79 Å². The Labute approximate surface area is 137 Å². The van der Waals surface area contributed by atoms with Gasteiger partial charge in [0.25, 0.3) is 0 Å². The van der Waals surface area contributed by atoms with Crippen LogP contribution in [-0.4, -0.2) is 52.6 Å². The maximum atomic E-state index is 12.6. The SMILES string of the molecule is CC(C)(C)OC(=O)N1CCCC[C@H]1C(=O)NC1CCSCC1. The van der Waals surface area contributed by atoms with Crippen molar-refractivity contribution in [3.05, 3.63) is 0 Å². The van der Waals surface area contributed by atoms with Crippen molar-refractivity contribution in [3.63, 3.8) is 0 Å². The standard InChI is InChI=1S/C16H28N2O3S/c1-16(2,3)21-15(20)18-9-5-4-6-13(18)14(19)17-12-7-10-22-11-8-12/h12-13H,4-11H2,1-3H3,(H,17,19)/t13-/m0/s1. The molecule has 0 unspecified atom stereocenters. The third-order valence-corrected chi connectivity index (χ3v) is 5.05. The minimum atomic E-state index is -0.532. The Morgan fingerprint density at radius 3 is 2.45 bits per heavy atom. The normalized spacial score (nSPS) is 24.0. The highest BCUT2D eigenvalue weighted by atomic mass is 32.2. The van der Waals surface area contributed by atoms with Crippen LogP contribution in [0.15, 0.2) is 0 Å². The van der Waals surface area contributed by atoms with Gasteiger partial charge in [-0.15, -0.1) is 0 Å². The van der Waals surface area contributed by atoms with Crippen molar-refractivity contribution in [3.8, 4) is 0 Å². The van der Waals surface area contributed by atoms with E-state index in [0.29, 0.717) is 6.54 Å². The lowest BCUT2D eigenvalue weighted by molar-refractivity contribution is -0.128. The van der Waals surface area contributed by atoms with Crippen molar-refractivity contribution >= 4 is 23.8 Å². The lowest BCUT2D eigenvalue weighted by atomic mass is 10.0. The molecule has 0 radical (unpaired) electrons. The van der Waals surface area contributed by atoms with Crippen molar-refractivity contribution < 1.29 is 14.3 Å². The van der Waals surface area contributed by atoms with E-state index in [2.05, 4.69) is 5.32 Å². The number of carbonyl (C=O) groups is 2. The number of rotatable bonds is 2. The molecule has 126 valence electrons. The number of thioether (sulfide) groups is 1. The first-order valence-electron chi connectivity index (χ1n) is 8.24. The van der Waals surface area contributed by atoms with Gasteiger partial charge in [-0.1, -0.05) is 0 Å². The van der Waals surface area contributed by atoms with Gasteiger partial charge in [0, 0.05) is 12.6 Å². The second-order valence-corrected chi connectivity index (χ2v) is 8.31. The van der Waals surface area contributed by atoms with E-state index in [0.717, 1.165) is 43.6 Å². The van der Waals surface area contributed by atoms with Crippen LogP contribution < -0.4 is 5.32 Å². The Balaban J connectivity index is 1.96. The minimum absolute atomic E-state index is 0.0116. The average Bonchev–Trinajstić information content (AvgIpc) is 2.46. The first kappa shape index (κ1) is 17.4. The number of nitrogens with zero attached hydrogens (tertiary/aromatic N) is 1. The molecular weight excluding hydrogens is 300 g/mol. The summed E-state index contributed by atoms with van der Waals surface area (Å²) in [5.41, 5.74) is -0.532. The van der Waals surface area contributed by atoms with Gasteiger partial charge >= 0.3 is 6.09 Å². The summed E-state index contributed by atoms with van der Waals surface area (Å²) in [6, 6.07) is -0.116. The fourth-order valence-electron chi connectivity index (χ4n) is 2.88. The lowest BCUT2D eigenvalue weighted by Crippen LogP contribution is -2.55. The van der Waals surface area contributed by atoms with E-state index in [9.17, 15) is 9.59 Å². The second kappa shape index (κ2) is 7.57. The van der Waals surface area contributed by atoms with E-state index in [1.54, 1.807) is 4.90 Å². The number of ether oxygens (including phenoxy) is 1. The predicted molar refractivity (Wildman–Crippen MR) is 89.1 cm³/mol. The zero-order valence-corrected chi connectivity index (χ0v) is 14.7. The minimum Gasteiger partial charge on any atom is -0.444 e. The first-order chi connectivity index (χ1) is 10.4. The van der Waals surface area contributed by atoms with Crippen molar-refractivity contribution in [2.75, 3.05) is 18.1 Å². The fraction of sp³-hybridized carbons (Fsp3) is 0.875. The summed E-state index contributed by atoms with van der Waals surface area (Å²) in [6.45, 7) is 6.16. The molecule has 2 fully saturated rings. The Bertz CT molecular complexity index is 403. The topological polar surface area (TPSA) is 58.6 Å². The van der Waals surface area contributed by atoms with Gasteiger partial charge in [0.15, 0.2) is 0 Å². The Hall–Kier alpha value is -0.910. The third-order valence-electron chi connectivity index (χ3n) is 4.00. The summed E-state index contributed by atoms with van der Waals surface area (Å²) in [4.78, 5) is 26.5. The number of nitrogens with one attached hydrogen (secondary N) is 1. The molecule has 0 aromatic heterocycles. The Morgan fingerprint density at radius 1 is 1.14 bits per heavy atom. The van der Waals surface area contributed by atoms with E-state index in [1.807, 2.05) is 32.5 Å². The number of carbonyl (C=O) groups excluding carboxylic acids is 2. The highest BCUT2D eigenvalue weighted by Crippen LogP contribution is 2.22. The molecular formula is C16H28N2O3S. The van der Waals surface area contributed by atoms with Gasteiger partial charge < -0.3 is 10.1 Å². The van der Waals surface area contributed by atoms with Gasteiger partial charge in [0.1, 0.15) is 11.6 Å². The monoisotopic (exact) mass is 328 g/mol. The molecule has 0 aromatic rings. The molecule has 0 aliphatic carbocycles. The van der Waals surface area contributed by atoms with Crippen LogP contribution >= 0.6 is 11.8 Å². The zero-order valence-electron chi connectivity index (χ0n) is 13.9. The molecule has 2 rings (SSSR count). The molecule has 2 saturated heterocycles. The molecule has 0 aromatic carbocycles. The Kier molecular flexibility index (Phi) is 6.01. The van der Waals surface area contributed by atoms with Crippen molar-refractivity contribution in [1.82, 2.24) is 10.2 Å². The zero-order chi connectivity index (χ0) is 16.2. The number of amides is 2. The number of hydrogen-bond acceptors (Lipinski definition) is 4. The molecule has 5 nitrogen and oxygen atoms in total. The Morgan fingerprint density at radius 2 is 1.82 bits per heavy atom. The van der Waals surface area contributed by atoms with E-state index in [-0.39, 0.29) is 24.1 Å². The molecule has 6 heteroatoms. The first-order valence-corrected chi connectivity index (χ1v) is 9.40. The quantitative estimate of drug-likeness (QED) is 0.847. The molecule has 0 saturated carbocycles. The number of hydrogen-bond donors (Lipinski definition) is 1. The summed E-state index contributed by atoms with van der Waals surface area (Å²) >= 11 is 1.94. The molecule has 2 aliphatic heterocycles. The lowest BCUT2D eigenvalue weighted by Gasteiger charge is -2.36. The molecule has 1 N–H and O–H groups in total. The largest absolute Gasteiger partial charge is 0.444 e. The number of piperidine rings is 1. The van der Waals surface area contributed by atoms with Gasteiger partial charge in [-0.2, -0.15) is 11.8 Å². The van der Waals surface area contributed by atoms with E-state index >= 15 is 0 Å². The van der Waals surface area contributed by atoms with Gasteiger partial charge in [-0.3, -0.25) is 9.69 Å². The molecule has 2 aliphatic rings. The maximum Gasteiger partial charge on any atom is 0.410 e. The number of likely N-dealkylation sites (tertiary alicyclic amines) is 1. The predicted octanol–water partition coefficient (Wildman–Crippen LogP) is 2.79. The average molecular weight is 328 g/mol. The highest BCUT2D eigenvalue weighted by Gasteiger charge is 2.35. The van der Waals surface area contributed by atoms with Crippen LogP contribution in [-0.2, 0) is 9.53 Å². The van der Waals surface area contributed by atoms with E-state index < -0.39 is 5.60 Å². The van der Waals surface area contributed by atoms with Crippen LogP contribution in [0.1, 0.15) is 52.9 Å². The summed E-state index contributed by atoms with van der Waals surface area (Å²) in [7, 11) is 0. The maximum absolute atomic E-state index is 12.6. The molecule has 2 heterocycles. The fourth-order valence-corrected chi connectivity index (χ4v) is 3.99. The summed E-state index contributed by atoms with van der Waals surface area (Å²) < 4.78 is 5.45. The summed E-state index contributed by atoms with van der Waals surface area (Å²) in [5.74, 6) is 2.19. The van der Waals surface area contributed by atoms with Crippen LogP contribution in [0.25, 0.3) is 0 Å².